The van der Waals surface area contributed by atoms with Crippen LogP contribution in [0.25, 0.3) is 0 Å². The second kappa shape index (κ2) is 5.84. The molecule has 1 aliphatic heterocycles. The number of hydrogen-bond acceptors (Lipinski definition) is 3. The molecule has 1 saturated heterocycles. The summed E-state index contributed by atoms with van der Waals surface area (Å²) in [5.41, 5.74) is 8.10. The van der Waals surface area contributed by atoms with Crippen LogP contribution < -0.4 is 10.6 Å². The summed E-state index contributed by atoms with van der Waals surface area (Å²) in [6.07, 6.45) is 1.98. The highest BCUT2D eigenvalue weighted by molar-refractivity contribution is 5.48. The van der Waals surface area contributed by atoms with Crippen LogP contribution in [0.5, 0.6) is 0 Å². The fraction of sp³-hybridized carbons (Fsp3) is 0.429. The third-order valence-electron chi connectivity index (χ3n) is 3.30. The first kappa shape index (κ1) is 12.1. The molecule has 3 heteroatoms. The van der Waals surface area contributed by atoms with E-state index in [1.807, 2.05) is 6.08 Å². The molecule has 0 radical (unpaired) electrons. The lowest BCUT2D eigenvalue weighted by atomic mass is 10.2. The molecular formula is C14H21N3. The van der Waals surface area contributed by atoms with Gasteiger partial charge in [-0.1, -0.05) is 18.2 Å². The lowest BCUT2D eigenvalue weighted by Crippen LogP contribution is -2.46. The van der Waals surface area contributed by atoms with E-state index < -0.39 is 0 Å². The summed E-state index contributed by atoms with van der Waals surface area (Å²) in [5.74, 6) is 0. The number of hydrogen-bond donors (Lipinski definition) is 1. The van der Waals surface area contributed by atoms with Crippen LogP contribution in [-0.2, 0) is 6.54 Å². The standard InChI is InChI=1S/C14H21N3/c1-2-7-16-8-10-17(11-9-16)14-5-3-13(12-15)4-6-14/h2-6H,1,7-12,15H2. The highest BCUT2D eigenvalue weighted by Gasteiger charge is 2.15. The maximum absolute atomic E-state index is 5.60. The van der Waals surface area contributed by atoms with E-state index >= 15 is 0 Å². The Kier molecular flexibility index (Phi) is 4.18. The molecule has 2 N–H and O–H groups in total. The van der Waals surface area contributed by atoms with Crippen molar-refractivity contribution in [2.75, 3.05) is 37.6 Å². The Morgan fingerprint density at radius 2 is 1.76 bits per heavy atom. The van der Waals surface area contributed by atoms with E-state index in [-0.39, 0.29) is 0 Å². The van der Waals surface area contributed by atoms with Crippen molar-refractivity contribution in [2.45, 2.75) is 6.54 Å². The minimum Gasteiger partial charge on any atom is -0.369 e. The van der Waals surface area contributed by atoms with Crippen LogP contribution in [0.15, 0.2) is 36.9 Å². The van der Waals surface area contributed by atoms with Crippen molar-refractivity contribution in [1.82, 2.24) is 4.90 Å². The molecule has 92 valence electrons. The molecule has 1 heterocycles. The zero-order valence-corrected chi connectivity index (χ0v) is 10.3. The van der Waals surface area contributed by atoms with Gasteiger partial charge in [-0.25, -0.2) is 0 Å². The van der Waals surface area contributed by atoms with Crippen molar-refractivity contribution in [3.8, 4) is 0 Å². The van der Waals surface area contributed by atoms with Crippen LogP contribution in [0.1, 0.15) is 5.56 Å². The van der Waals surface area contributed by atoms with Crippen molar-refractivity contribution in [3.05, 3.63) is 42.5 Å². The number of rotatable bonds is 4. The molecule has 1 aromatic rings. The highest BCUT2D eigenvalue weighted by Crippen LogP contribution is 2.17. The molecule has 0 amide bonds. The maximum atomic E-state index is 5.60. The van der Waals surface area contributed by atoms with E-state index in [1.54, 1.807) is 0 Å². The lowest BCUT2D eigenvalue weighted by Gasteiger charge is -2.35. The average Bonchev–Trinajstić information content (AvgIpc) is 2.40. The fourth-order valence-corrected chi connectivity index (χ4v) is 2.21. The first-order valence-corrected chi connectivity index (χ1v) is 6.20. The lowest BCUT2D eigenvalue weighted by molar-refractivity contribution is 0.284. The zero-order valence-electron chi connectivity index (χ0n) is 10.3. The van der Waals surface area contributed by atoms with E-state index in [2.05, 4.69) is 40.6 Å². The monoisotopic (exact) mass is 231 g/mol. The van der Waals surface area contributed by atoms with Gasteiger partial charge in [0.25, 0.3) is 0 Å². The Labute approximate surface area is 104 Å². The normalized spacial score (nSPS) is 17.1. The maximum Gasteiger partial charge on any atom is 0.0367 e. The topological polar surface area (TPSA) is 32.5 Å². The highest BCUT2D eigenvalue weighted by atomic mass is 15.3. The molecule has 1 aliphatic rings. The SMILES string of the molecule is C=CCN1CCN(c2ccc(CN)cc2)CC1. The van der Waals surface area contributed by atoms with Gasteiger partial charge >= 0.3 is 0 Å². The van der Waals surface area contributed by atoms with E-state index in [0.29, 0.717) is 6.54 Å². The van der Waals surface area contributed by atoms with E-state index in [0.717, 1.165) is 32.7 Å². The van der Waals surface area contributed by atoms with Crippen LogP contribution in [0.2, 0.25) is 0 Å². The van der Waals surface area contributed by atoms with Crippen molar-refractivity contribution >= 4 is 5.69 Å². The fourth-order valence-electron chi connectivity index (χ4n) is 2.21. The third-order valence-corrected chi connectivity index (χ3v) is 3.30. The van der Waals surface area contributed by atoms with Gasteiger partial charge in [-0.3, -0.25) is 4.90 Å². The molecule has 2 rings (SSSR count). The summed E-state index contributed by atoms with van der Waals surface area (Å²) >= 11 is 0. The summed E-state index contributed by atoms with van der Waals surface area (Å²) in [6.45, 7) is 9.82. The molecule has 0 aromatic heterocycles. The van der Waals surface area contributed by atoms with Gasteiger partial charge in [-0.05, 0) is 17.7 Å². The van der Waals surface area contributed by atoms with E-state index in [4.69, 9.17) is 5.73 Å². The largest absolute Gasteiger partial charge is 0.369 e. The van der Waals surface area contributed by atoms with Crippen LogP contribution >= 0.6 is 0 Å². The molecule has 0 bridgehead atoms. The summed E-state index contributed by atoms with van der Waals surface area (Å²) < 4.78 is 0. The van der Waals surface area contributed by atoms with Gasteiger partial charge in [-0.15, -0.1) is 6.58 Å². The summed E-state index contributed by atoms with van der Waals surface area (Å²) in [4.78, 5) is 4.86. The number of nitrogens with zero attached hydrogens (tertiary/aromatic N) is 2. The Morgan fingerprint density at radius 1 is 1.12 bits per heavy atom. The molecule has 17 heavy (non-hydrogen) atoms. The van der Waals surface area contributed by atoms with E-state index in [9.17, 15) is 0 Å². The zero-order chi connectivity index (χ0) is 12.1. The predicted octanol–water partition coefficient (Wildman–Crippen LogP) is 1.45. The molecule has 0 unspecified atom stereocenters. The summed E-state index contributed by atoms with van der Waals surface area (Å²) in [5, 5.41) is 0. The van der Waals surface area contributed by atoms with Crippen molar-refractivity contribution in [1.29, 1.82) is 0 Å². The Morgan fingerprint density at radius 3 is 2.29 bits per heavy atom. The molecule has 0 saturated carbocycles. The Hall–Kier alpha value is -1.32. The van der Waals surface area contributed by atoms with Crippen LogP contribution in [-0.4, -0.2) is 37.6 Å². The molecule has 1 aromatic carbocycles. The second-order valence-electron chi connectivity index (χ2n) is 4.45. The molecular weight excluding hydrogens is 210 g/mol. The van der Waals surface area contributed by atoms with Gasteiger partial charge in [0, 0.05) is 45.0 Å². The minimum atomic E-state index is 0.618. The quantitative estimate of drug-likeness (QED) is 0.796. The van der Waals surface area contributed by atoms with Crippen LogP contribution in [0, 0.1) is 0 Å². The van der Waals surface area contributed by atoms with Crippen LogP contribution in [0.3, 0.4) is 0 Å². The second-order valence-corrected chi connectivity index (χ2v) is 4.45. The number of piperazine rings is 1. The Balaban J connectivity index is 1.93. The molecule has 3 nitrogen and oxygen atoms in total. The molecule has 0 spiro atoms. The van der Waals surface area contributed by atoms with Gasteiger partial charge in [0.05, 0.1) is 0 Å². The van der Waals surface area contributed by atoms with Crippen molar-refractivity contribution < 1.29 is 0 Å². The molecule has 0 atom stereocenters. The molecule has 1 fully saturated rings. The Bertz CT molecular complexity index is 350. The summed E-state index contributed by atoms with van der Waals surface area (Å²) in [7, 11) is 0. The van der Waals surface area contributed by atoms with Gasteiger partial charge in [-0.2, -0.15) is 0 Å². The summed E-state index contributed by atoms with van der Waals surface area (Å²) in [6, 6.07) is 8.58. The van der Waals surface area contributed by atoms with Gasteiger partial charge < -0.3 is 10.6 Å². The molecule has 0 aliphatic carbocycles. The van der Waals surface area contributed by atoms with Crippen molar-refractivity contribution in [3.63, 3.8) is 0 Å². The van der Waals surface area contributed by atoms with Crippen LogP contribution in [0.4, 0.5) is 5.69 Å². The number of nitrogens with two attached hydrogens (primary N) is 1. The first-order valence-electron chi connectivity index (χ1n) is 6.20. The average molecular weight is 231 g/mol. The number of benzene rings is 1. The third kappa shape index (κ3) is 3.08. The van der Waals surface area contributed by atoms with Gasteiger partial charge in [0.15, 0.2) is 0 Å². The van der Waals surface area contributed by atoms with E-state index in [1.165, 1.54) is 11.3 Å². The van der Waals surface area contributed by atoms with Gasteiger partial charge in [0.2, 0.25) is 0 Å². The minimum absolute atomic E-state index is 0.618. The van der Waals surface area contributed by atoms with Crippen molar-refractivity contribution in [2.24, 2.45) is 5.73 Å². The first-order chi connectivity index (χ1) is 8.33. The number of anilines is 1. The van der Waals surface area contributed by atoms with Gasteiger partial charge in [0.1, 0.15) is 0 Å². The smallest absolute Gasteiger partial charge is 0.0367 e. The predicted molar refractivity (Wildman–Crippen MR) is 73.2 cm³/mol.